The number of hydrogen-bond acceptors (Lipinski definition) is 5. The van der Waals surface area contributed by atoms with Gasteiger partial charge in [0.05, 0.1) is 6.07 Å². The Morgan fingerprint density at radius 2 is 1.71 bits per heavy atom. The standard InChI is InChI=1S/C10H15NOS.C6H14O2/c11-8-5-3-1-2-4-6-10(13)7-9-12;1-4-7-6(3)8-5-2/h7,10,13H,1-6H2;6H,4-5H2,1-3H3. The van der Waals surface area contributed by atoms with Crippen LogP contribution in [0.25, 0.3) is 0 Å². The molecule has 1 unspecified atom stereocenters. The molecule has 0 aromatic heterocycles. The highest BCUT2D eigenvalue weighted by atomic mass is 32.1. The Morgan fingerprint density at radius 1 is 1.14 bits per heavy atom. The summed E-state index contributed by atoms with van der Waals surface area (Å²) >= 11 is 4.18. The van der Waals surface area contributed by atoms with E-state index >= 15 is 0 Å². The van der Waals surface area contributed by atoms with E-state index in [0.29, 0.717) is 6.42 Å². The Hall–Kier alpha value is -0.790. The number of carbonyl (C=O) groups excluding carboxylic acids is 1. The minimum absolute atomic E-state index is 0.0370. The van der Waals surface area contributed by atoms with Crippen LogP contribution in [-0.4, -0.2) is 30.7 Å². The zero-order valence-corrected chi connectivity index (χ0v) is 14.4. The molecule has 0 aromatic carbocycles. The van der Waals surface area contributed by atoms with Crippen LogP contribution in [0.2, 0.25) is 0 Å². The van der Waals surface area contributed by atoms with E-state index in [1.807, 2.05) is 20.8 Å². The van der Waals surface area contributed by atoms with Gasteiger partial charge >= 0.3 is 0 Å². The Kier molecular flexibility index (Phi) is 20.6. The van der Waals surface area contributed by atoms with Gasteiger partial charge in [-0.25, -0.2) is 4.79 Å². The number of hydrogen-bond donors (Lipinski definition) is 1. The van der Waals surface area contributed by atoms with Crippen LogP contribution in [0.3, 0.4) is 0 Å². The van der Waals surface area contributed by atoms with Gasteiger partial charge in [0.1, 0.15) is 5.94 Å². The molecule has 0 aliphatic carbocycles. The molecule has 5 heteroatoms. The lowest BCUT2D eigenvalue weighted by Gasteiger charge is -2.09. The molecule has 0 heterocycles. The van der Waals surface area contributed by atoms with Crippen molar-refractivity contribution in [1.29, 1.82) is 5.26 Å². The van der Waals surface area contributed by atoms with Crippen LogP contribution in [0.15, 0.2) is 6.08 Å². The molecule has 0 aliphatic heterocycles. The molecular weight excluding hydrogens is 286 g/mol. The molecule has 21 heavy (non-hydrogen) atoms. The van der Waals surface area contributed by atoms with E-state index in [1.54, 1.807) is 5.94 Å². The summed E-state index contributed by atoms with van der Waals surface area (Å²) in [6.45, 7) is 7.25. The van der Waals surface area contributed by atoms with Gasteiger partial charge in [0.2, 0.25) is 0 Å². The van der Waals surface area contributed by atoms with E-state index in [-0.39, 0.29) is 11.5 Å². The van der Waals surface area contributed by atoms with Crippen molar-refractivity contribution in [2.24, 2.45) is 0 Å². The maximum absolute atomic E-state index is 9.92. The molecule has 122 valence electrons. The zero-order valence-electron chi connectivity index (χ0n) is 13.5. The van der Waals surface area contributed by atoms with Gasteiger partial charge in [-0.1, -0.05) is 19.3 Å². The molecule has 0 amide bonds. The topological polar surface area (TPSA) is 59.3 Å². The lowest BCUT2D eigenvalue weighted by atomic mass is 10.1. The Balaban J connectivity index is 0. The third kappa shape index (κ3) is 21.7. The maximum Gasteiger partial charge on any atom is 0.154 e. The van der Waals surface area contributed by atoms with Crippen molar-refractivity contribution in [3.63, 3.8) is 0 Å². The molecule has 1 atom stereocenters. The highest BCUT2D eigenvalue weighted by Crippen LogP contribution is 2.10. The predicted molar refractivity (Wildman–Crippen MR) is 89.1 cm³/mol. The van der Waals surface area contributed by atoms with E-state index in [2.05, 4.69) is 18.7 Å². The minimum Gasteiger partial charge on any atom is -0.353 e. The van der Waals surface area contributed by atoms with Crippen LogP contribution < -0.4 is 0 Å². The lowest BCUT2D eigenvalue weighted by molar-refractivity contribution is -0.123. The molecule has 0 aliphatic rings. The van der Waals surface area contributed by atoms with Gasteiger partial charge in [0.25, 0.3) is 0 Å². The maximum atomic E-state index is 9.92. The first kappa shape index (κ1) is 22.5. The normalized spacial score (nSPS) is 11.0. The average molecular weight is 315 g/mol. The van der Waals surface area contributed by atoms with E-state index < -0.39 is 0 Å². The van der Waals surface area contributed by atoms with Crippen LogP contribution >= 0.6 is 12.6 Å². The molecule has 0 bridgehead atoms. The van der Waals surface area contributed by atoms with Crippen molar-refractivity contribution in [3.05, 3.63) is 6.08 Å². The van der Waals surface area contributed by atoms with Crippen LogP contribution in [0, 0.1) is 11.3 Å². The van der Waals surface area contributed by atoms with Crippen molar-refractivity contribution in [1.82, 2.24) is 0 Å². The number of nitrogens with zero attached hydrogens (tertiary/aromatic N) is 1. The first-order chi connectivity index (χ1) is 10.1. The summed E-state index contributed by atoms with van der Waals surface area (Å²) in [5, 5.41) is 8.32. The van der Waals surface area contributed by atoms with Crippen molar-refractivity contribution in [2.75, 3.05) is 13.2 Å². The van der Waals surface area contributed by atoms with E-state index in [9.17, 15) is 4.79 Å². The quantitative estimate of drug-likeness (QED) is 0.271. The molecule has 0 rings (SSSR count). The second-order valence-corrected chi connectivity index (χ2v) is 5.10. The predicted octanol–water partition coefficient (Wildman–Crippen LogP) is 3.94. The van der Waals surface area contributed by atoms with Crippen LogP contribution in [0.4, 0.5) is 0 Å². The number of rotatable bonds is 11. The summed E-state index contributed by atoms with van der Waals surface area (Å²) in [6, 6.07) is 2.12. The van der Waals surface area contributed by atoms with E-state index in [4.69, 9.17) is 14.7 Å². The van der Waals surface area contributed by atoms with Crippen molar-refractivity contribution < 1.29 is 14.3 Å². The van der Waals surface area contributed by atoms with Crippen molar-refractivity contribution >= 4 is 18.6 Å². The van der Waals surface area contributed by atoms with Crippen LogP contribution in [0.1, 0.15) is 59.3 Å². The molecule has 0 N–H and O–H groups in total. The van der Waals surface area contributed by atoms with Crippen molar-refractivity contribution in [3.8, 4) is 6.07 Å². The third-order valence-electron chi connectivity index (χ3n) is 2.60. The summed E-state index contributed by atoms with van der Waals surface area (Å²) in [7, 11) is 0. The third-order valence-corrected chi connectivity index (χ3v) is 3.01. The second kappa shape index (κ2) is 19.2. The van der Waals surface area contributed by atoms with E-state index in [1.165, 1.54) is 6.08 Å². The molecule has 0 fully saturated rings. The summed E-state index contributed by atoms with van der Waals surface area (Å²) in [6.07, 6.45) is 7.24. The zero-order chi connectivity index (χ0) is 16.3. The summed E-state index contributed by atoms with van der Waals surface area (Å²) in [4.78, 5) is 9.92. The van der Waals surface area contributed by atoms with Gasteiger partial charge in [-0.15, -0.1) is 0 Å². The van der Waals surface area contributed by atoms with Crippen LogP contribution in [0.5, 0.6) is 0 Å². The molecule has 0 saturated carbocycles. The highest BCUT2D eigenvalue weighted by molar-refractivity contribution is 7.81. The van der Waals surface area contributed by atoms with Crippen molar-refractivity contribution in [2.45, 2.75) is 70.8 Å². The van der Waals surface area contributed by atoms with Gasteiger partial charge in [-0.2, -0.15) is 17.9 Å². The van der Waals surface area contributed by atoms with Crippen LogP contribution in [-0.2, 0) is 14.3 Å². The number of nitriles is 1. The van der Waals surface area contributed by atoms with Gasteiger partial charge < -0.3 is 9.47 Å². The fourth-order valence-corrected chi connectivity index (χ4v) is 1.83. The second-order valence-electron chi connectivity index (χ2n) is 4.44. The molecule has 0 aromatic rings. The number of unbranched alkanes of at least 4 members (excludes halogenated alkanes) is 4. The van der Waals surface area contributed by atoms with Gasteiger partial charge in [-0.3, -0.25) is 0 Å². The highest BCUT2D eigenvalue weighted by Gasteiger charge is 1.97. The fraction of sp³-hybridized carbons (Fsp3) is 0.812. The lowest BCUT2D eigenvalue weighted by Crippen LogP contribution is -2.11. The van der Waals surface area contributed by atoms with Gasteiger partial charge in [-0.05, 0) is 33.6 Å². The fourth-order valence-electron chi connectivity index (χ4n) is 1.59. The smallest absolute Gasteiger partial charge is 0.154 e. The minimum atomic E-state index is -0.0370. The van der Waals surface area contributed by atoms with Gasteiger partial charge in [0, 0.05) is 31.0 Å². The molecular formula is C16H29NO3S. The molecule has 4 nitrogen and oxygen atoms in total. The Bertz CT molecular complexity index is 292. The Labute approximate surface area is 134 Å². The van der Waals surface area contributed by atoms with Gasteiger partial charge in [0.15, 0.2) is 6.29 Å². The number of ether oxygens (including phenoxy) is 2. The largest absolute Gasteiger partial charge is 0.353 e. The number of thiol groups is 1. The first-order valence-corrected chi connectivity index (χ1v) is 8.13. The summed E-state index contributed by atoms with van der Waals surface area (Å²) < 4.78 is 10.1. The average Bonchev–Trinajstić information content (AvgIpc) is 2.44. The van der Waals surface area contributed by atoms with E-state index in [0.717, 1.165) is 45.3 Å². The SMILES string of the molecule is CCOC(C)OCC.N#CCCCCCCC(S)C=C=O. The first-order valence-electron chi connectivity index (χ1n) is 7.61. The molecule has 0 spiro atoms. The summed E-state index contributed by atoms with van der Waals surface area (Å²) in [5.41, 5.74) is 0. The molecule has 0 radical (unpaired) electrons. The molecule has 0 saturated heterocycles. The summed E-state index contributed by atoms with van der Waals surface area (Å²) in [5.74, 6) is 1.73. The Morgan fingerprint density at radius 3 is 2.19 bits per heavy atom. The monoisotopic (exact) mass is 315 g/mol.